The number of ether oxygens (including phenoxy) is 4. The van der Waals surface area contributed by atoms with Gasteiger partial charge in [0.1, 0.15) is 11.5 Å². The van der Waals surface area contributed by atoms with Crippen LogP contribution < -0.4 is 9.47 Å². The zero-order valence-electron chi connectivity index (χ0n) is 17.2. The van der Waals surface area contributed by atoms with Crippen LogP contribution in [0.15, 0.2) is 36.4 Å². The van der Waals surface area contributed by atoms with Crippen LogP contribution in [0.3, 0.4) is 0 Å². The summed E-state index contributed by atoms with van der Waals surface area (Å²) in [5.41, 5.74) is 2.40. The summed E-state index contributed by atoms with van der Waals surface area (Å²) in [6, 6.07) is 8.28. The summed E-state index contributed by atoms with van der Waals surface area (Å²) in [6.45, 7) is 6.33. The molecule has 0 unspecified atom stereocenters. The van der Waals surface area contributed by atoms with Crippen LogP contribution in [-0.4, -0.2) is 26.8 Å². The van der Waals surface area contributed by atoms with Crippen molar-refractivity contribution in [2.75, 3.05) is 26.8 Å². The van der Waals surface area contributed by atoms with E-state index in [4.69, 9.17) is 18.9 Å². The van der Waals surface area contributed by atoms with Crippen molar-refractivity contribution < 1.29 is 18.9 Å². The smallest absolute Gasteiger partial charge is 0.189 e. The molecule has 2 aromatic rings. The van der Waals surface area contributed by atoms with Crippen molar-refractivity contribution in [3.8, 4) is 11.5 Å². The minimum absolute atomic E-state index is 0.278. The molecule has 3 rings (SSSR count). The van der Waals surface area contributed by atoms with Gasteiger partial charge in [-0.3, -0.25) is 0 Å². The zero-order chi connectivity index (χ0) is 19.6. The van der Waals surface area contributed by atoms with Gasteiger partial charge in [0.15, 0.2) is 13.6 Å². The van der Waals surface area contributed by atoms with Crippen LogP contribution in [0, 0.1) is 0 Å². The summed E-state index contributed by atoms with van der Waals surface area (Å²) >= 11 is 0. The van der Waals surface area contributed by atoms with Crippen LogP contribution in [-0.2, 0) is 22.3 Å². The van der Waals surface area contributed by atoms with Gasteiger partial charge in [-0.05, 0) is 25.7 Å². The van der Waals surface area contributed by atoms with Crippen LogP contribution >= 0.6 is 0 Å². The molecule has 0 bridgehead atoms. The summed E-state index contributed by atoms with van der Waals surface area (Å²) < 4.78 is 23.6. The van der Waals surface area contributed by atoms with Gasteiger partial charge in [-0.25, -0.2) is 0 Å². The molecule has 0 spiro atoms. The standard InChI is InChI=1S/C24H32O4/c1-3-5-15-25-17-27-23-19-11-7-9-13-21(19)24(28-18-26-16-6-4-2)22-14-10-8-12-20(22)23/h7-11,13H,3-6,12,14-18H2,1-2H3. The second-order valence-electron chi connectivity index (χ2n) is 7.09. The molecule has 1 aliphatic rings. The maximum absolute atomic E-state index is 6.13. The Morgan fingerprint density at radius 2 is 1.18 bits per heavy atom. The van der Waals surface area contributed by atoms with E-state index >= 15 is 0 Å². The van der Waals surface area contributed by atoms with Crippen LogP contribution in [0.2, 0.25) is 0 Å². The summed E-state index contributed by atoms with van der Waals surface area (Å²) in [7, 11) is 0. The van der Waals surface area contributed by atoms with Gasteiger partial charge in [-0.15, -0.1) is 0 Å². The molecule has 0 saturated carbocycles. The molecule has 0 radical (unpaired) electrons. The second-order valence-corrected chi connectivity index (χ2v) is 7.09. The fraction of sp³-hybridized carbons (Fsp3) is 0.500. The highest BCUT2D eigenvalue weighted by atomic mass is 16.7. The molecule has 0 saturated heterocycles. The van der Waals surface area contributed by atoms with E-state index in [1.165, 1.54) is 11.1 Å². The van der Waals surface area contributed by atoms with Gasteiger partial charge in [0, 0.05) is 21.9 Å². The Morgan fingerprint density at radius 3 is 1.61 bits per heavy atom. The Balaban J connectivity index is 1.86. The van der Waals surface area contributed by atoms with Crippen LogP contribution in [0.5, 0.6) is 11.5 Å². The Hall–Kier alpha value is -2.04. The van der Waals surface area contributed by atoms with E-state index in [1.54, 1.807) is 0 Å². The van der Waals surface area contributed by atoms with E-state index in [2.05, 4.69) is 38.1 Å². The van der Waals surface area contributed by atoms with Gasteiger partial charge in [0.05, 0.1) is 13.2 Å². The molecule has 0 aliphatic heterocycles. The maximum Gasteiger partial charge on any atom is 0.189 e. The normalized spacial score (nSPS) is 12.9. The summed E-state index contributed by atoms with van der Waals surface area (Å²) in [5, 5.41) is 2.14. The number of allylic oxidation sites excluding steroid dienone is 2. The second kappa shape index (κ2) is 11.1. The monoisotopic (exact) mass is 384 g/mol. The number of hydrogen-bond donors (Lipinski definition) is 0. The van der Waals surface area contributed by atoms with Crippen molar-refractivity contribution in [3.05, 3.63) is 47.5 Å². The average Bonchev–Trinajstić information content (AvgIpc) is 2.74. The fourth-order valence-corrected chi connectivity index (χ4v) is 3.45. The van der Waals surface area contributed by atoms with Crippen molar-refractivity contribution in [1.82, 2.24) is 0 Å². The van der Waals surface area contributed by atoms with E-state index in [1.807, 2.05) is 12.1 Å². The van der Waals surface area contributed by atoms with Crippen LogP contribution in [0.25, 0.3) is 10.8 Å². The molecule has 2 aromatic carbocycles. The lowest BCUT2D eigenvalue weighted by Gasteiger charge is -2.23. The molecule has 1 aliphatic carbocycles. The third kappa shape index (κ3) is 5.06. The van der Waals surface area contributed by atoms with Crippen molar-refractivity contribution in [3.63, 3.8) is 0 Å². The molecular formula is C24H32O4. The fourth-order valence-electron chi connectivity index (χ4n) is 3.45. The Morgan fingerprint density at radius 1 is 0.714 bits per heavy atom. The number of hydrogen-bond acceptors (Lipinski definition) is 4. The quantitative estimate of drug-likeness (QED) is 0.263. The van der Waals surface area contributed by atoms with Crippen LogP contribution in [0.1, 0.15) is 50.7 Å². The van der Waals surface area contributed by atoms with E-state index in [0.29, 0.717) is 0 Å². The topological polar surface area (TPSA) is 36.9 Å². The first-order chi connectivity index (χ1) is 13.9. The summed E-state index contributed by atoms with van der Waals surface area (Å²) in [6.07, 6.45) is 10.4. The molecule has 0 amide bonds. The lowest BCUT2D eigenvalue weighted by molar-refractivity contribution is 0.0123. The molecule has 0 heterocycles. The van der Waals surface area contributed by atoms with Crippen LogP contribution in [0.4, 0.5) is 0 Å². The number of fused-ring (bicyclic) bond motifs is 2. The lowest BCUT2D eigenvalue weighted by Crippen LogP contribution is -2.12. The van der Waals surface area contributed by atoms with Crippen molar-refractivity contribution in [1.29, 1.82) is 0 Å². The highest BCUT2D eigenvalue weighted by molar-refractivity contribution is 5.96. The molecule has 28 heavy (non-hydrogen) atoms. The number of benzene rings is 2. The molecule has 0 atom stereocenters. The zero-order valence-corrected chi connectivity index (χ0v) is 17.2. The third-order valence-corrected chi connectivity index (χ3v) is 5.00. The summed E-state index contributed by atoms with van der Waals surface area (Å²) in [4.78, 5) is 0. The predicted octanol–water partition coefficient (Wildman–Crippen LogP) is 5.80. The molecule has 4 heteroatoms. The average molecular weight is 385 g/mol. The molecular weight excluding hydrogens is 352 g/mol. The third-order valence-electron chi connectivity index (χ3n) is 5.00. The Labute approximate surface area is 168 Å². The molecule has 152 valence electrons. The first-order valence-electron chi connectivity index (χ1n) is 10.5. The minimum Gasteiger partial charge on any atom is -0.467 e. The van der Waals surface area contributed by atoms with E-state index in [0.717, 1.165) is 74.0 Å². The van der Waals surface area contributed by atoms with Gasteiger partial charge in [-0.1, -0.05) is 63.1 Å². The number of unbranched alkanes of at least 4 members (excludes halogenated alkanes) is 2. The SMILES string of the molecule is CCCCOCOc1c2c(c(OCOCCCC)c3ccccc13)CC=CC2. The molecule has 4 nitrogen and oxygen atoms in total. The Bertz CT molecular complexity index is 717. The number of rotatable bonds is 12. The van der Waals surface area contributed by atoms with Gasteiger partial charge in [-0.2, -0.15) is 0 Å². The molecule has 0 fully saturated rings. The van der Waals surface area contributed by atoms with Crippen molar-refractivity contribution in [2.45, 2.75) is 52.4 Å². The first kappa shape index (κ1) is 20.7. The largest absolute Gasteiger partial charge is 0.467 e. The van der Waals surface area contributed by atoms with E-state index in [-0.39, 0.29) is 13.6 Å². The lowest BCUT2D eigenvalue weighted by atomic mass is 9.91. The Kier molecular flexibility index (Phi) is 8.19. The highest BCUT2D eigenvalue weighted by Crippen LogP contribution is 2.43. The van der Waals surface area contributed by atoms with Gasteiger partial charge < -0.3 is 18.9 Å². The molecule has 0 aromatic heterocycles. The predicted molar refractivity (Wildman–Crippen MR) is 113 cm³/mol. The van der Waals surface area contributed by atoms with E-state index in [9.17, 15) is 0 Å². The van der Waals surface area contributed by atoms with E-state index < -0.39 is 0 Å². The highest BCUT2D eigenvalue weighted by Gasteiger charge is 2.22. The van der Waals surface area contributed by atoms with Crippen molar-refractivity contribution >= 4 is 10.8 Å². The van der Waals surface area contributed by atoms with Gasteiger partial charge in [0.25, 0.3) is 0 Å². The maximum atomic E-state index is 6.13. The van der Waals surface area contributed by atoms with Crippen molar-refractivity contribution in [2.24, 2.45) is 0 Å². The summed E-state index contributed by atoms with van der Waals surface area (Å²) in [5.74, 6) is 1.84. The van der Waals surface area contributed by atoms with Gasteiger partial charge in [0.2, 0.25) is 0 Å². The minimum atomic E-state index is 0.278. The van der Waals surface area contributed by atoms with Gasteiger partial charge >= 0.3 is 0 Å². The first-order valence-corrected chi connectivity index (χ1v) is 10.5. The molecule has 0 N–H and O–H groups in total.